The first-order valence-corrected chi connectivity index (χ1v) is 5.83. The summed E-state index contributed by atoms with van der Waals surface area (Å²) in [6.07, 6.45) is 5.66. The zero-order valence-electron chi connectivity index (χ0n) is 9.90. The van der Waals surface area contributed by atoms with Crippen LogP contribution in [0.1, 0.15) is 43.6 Å². The van der Waals surface area contributed by atoms with E-state index >= 15 is 0 Å². The molecule has 0 saturated heterocycles. The summed E-state index contributed by atoms with van der Waals surface area (Å²) in [5.74, 6) is 2.38. The number of imidazole rings is 1. The van der Waals surface area contributed by atoms with E-state index < -0.39 is 0 Å². The summed E-state index contributed by atoms with van der Waals surface area (Å²) < 4.78 is 2.10. The van der Waals surface area contributed by atoms with Crippen LogP contribution in [0.5, 0.6) is 0 Å². The van der Waals surface area contributed by atoms with Gasteiger partial charge < -0.3 is 10.3 Å². The summed E-state index contributed by atoms with van der Waals surface area (Å²) in [5.41, 5.74) is 7.27. The van der Waals surface area contributed by atoms with Crippen LogP contribution < -0.4 is 5.73 Å². The molecule has 0 aromatic carbocycles. The summed E-state index contributed by atoms with van der Waals surface area (Å²) >= 11 is 0. The van der Waals surface area contributed by atoms with Gasteiger partial charge in [0.2, 0.25) is 0 Å². The third kappa shape index (κ3) is 2.07. The normalized spacial score (nSPS) is 31.9. The Morgan fingerprint density at radius 3 is 2.80 bits per heavy atom. The number of nitrogens with two attached hydrogens (primary N) is 1. The highest BCUT2D eigenvalue weighted by Crippen LogP contribution is 2.36. The molecule has 84 valence electrons. The molecule has 3 heteroatoms. The van der Waals surface area contributed by atoms with Crippen molar-refractivity contribution in [3.63, 3.8) is 0 Å². The van der Waals surface area contributed by atoms with E-state index in [9.17, 15) is 0 Å². The number of nitrogens with zero attached hydrogens (tertiary/aromatic N) is 2. The van der Waals surface area contributed by atoms with Crippen LogP contribution in [0.2, 0.25) is 0 Å². The van der Waals surface area contributed by atoms with Crippen LogP contribution in [0.4, 0.5) is 0 Å². The number of hydrogen-bond donors (Lipinski definition) is 1. The first-order valence-electron chi connectivity index (χ1n) is 5.83. The Hall–Kier alpha value is -0.830. The van der Waals surface area contributed by atoms with Crippen LogP contribution in [0.15, 0.2) is 6.20 Å². The SMILES string of the molecule is Cc1nc(C2CC(N)CCC2C)cn1C. The lowest BCUT2D eigenvalue weighted by atomic mass is 9.77. The van der Waals surface area contributed by atoms with Crippen molar-refractivity contribution in [1.82, 2.24) is 9.55 Å². The Morgan fingerprint density at radius 1 is 1.47 bits per heavy atom. The molecule has 3 atom stereocenters. The average Bonchev–Trinajstić information content (AvgIpc) is 2.51. The van der Waals surface area contributed by atoms with Crippen LogP contribution in [0, 0.1) is 12.8 Å². The fraction of sp³-hybridized carbons (Fsp3) is 0.750. The summed E-state index contributed by atoms with van der Waals surface area (Å²) in [4.78, 5) is 4.63. The Balaban J connectivity index is 2.21. The predicted molar refractivity (Wildman–Crippen MR) is 61.7 cm³/mol. The van der Waals surface area contributed by atoms with Gasteiger partial charge in [-0.25, -0.2) is 4.98 Å². The molecule has 1 fully saturated rings. The van der Waals surface area contributed by atoms with Gasteiger partial charge in [0.1, 0.15) is 5.82 Å². The van der Waals surface area contributed by atoms with E-state index in [1.807, 2.05) is 0 Å². The van der Waals surface area contributed by atoms with Crippen molar-refractivity contribution in [3.05, 3.63) is 17.7 Å². The Labute approximate surface area is 91.7 Å². The molecule has 1 heterocycles. The lowest BCUT2D eigenvalue weighted by Crippen LogP contribution is -2.31. The molecule has 2 rings (SSSR count). The van der Waals surface area contributed by atoms with Crippen molar-refractivity contribution in [2.24, 2.45) is 18.7 Å². The minimum Gasteiger partial charge on any atom is -0.338 e. The fourth-order valence-electron chi connectivity index (χ4n) is 2.53. The van der Waals surface area contributed by atoms with Gasteiger partial charge >= 0.3 is 0 Å². The maximum Gasteiger partial charge on any atom is 0.105 e. The number of aryl methyl sites for hydroxylation is 2. The molecule has 1 aliphatic carbocycles. The first kappa shape index (κ1) is 10.7. The predicted octanol–water partition coefficient (Wildman–Crippen LogP) is 1.96. The van der Waals surface area contributed by atoms with Crippen LogP contribution in [-0.2, 0) is 7.05 Å². The average molecular weight is 207 g/mol. The van der Waals surface area contributed by atoms with Crippen LogP contribution in [0.25, 0.3) is 0 Å². The minimum atomic E-state index is 0.369. The van der Waals surface area contributed by atoms with Gasteiger partial charge in [-0.15, -0.1) is 0 Å². The topological polar surface area (TPSA) is 43.8 Å². The van der Waals surface area contributed by atoms with Gasteiger partial charge in [0.25, 0.3) is 0 Å². The summed E-state index contributed by atoms with van der Waals surface area (Å²) in [6.45, 7) is 4.37. The monoisotopic (exact) mass is 207 g/mol. The molecule has 0 radical (unpaired) electrons. The molecule has 0 spiro atoms. The van der Waals surface area contributed by atoms with E-state index in [4.69, 9.17) is 5.73 Å². The van der Waals surface area contributed by atoms with Crippen molar-refractivity contribution in [2.45, 2.75) is 45.1 Å². The second-order valence-corrected chi connectivity index (χ2v) is 4.98. The van der Waals surface area contributed by atoms with E-state index in [-0.39, 0.29) is 0 Å². The van der Waals surface area contributed by atoms with Gasteiger partial charge in [-0.1, -0.05) is 6.92 Å². The molecule has 3 nitrogen and oxygen atoms in total. The van der Waals surface area contributed by atoms with Crippen molar-refractivity contribution < 1.29 is 0 Å². The third-order valence-corrected chi connectivity index (χ3v) is 3.74. The summed E-state index contributed by atoms with van der Waals surface area (Å²) in [7, 11) is 2.05. The van der Waals surface area contributed by atoms with Crippen molar-refractivity contribution in [3.8, 4) is 0 Å². The van der Waals surface area contributed by atoms with Gasteiger partial charge in [0.05, 0.1) is 5.69 Å². The molecule has 15 heavy (non-hydrogen) atoms. The second-order valence-electron chi connectivity index (χ2n) is 4.98. The van der Waals surface area contributed by atoms with E-state index in [1.54, 1.807) is 0 Å². The van der Waals surface area contributed by atoms with E-state index in [2.05, 4.69) is 36.6 Å². The number of aromatic nitrogens is 2. The maximum absolute atomic E-state index is 6.03. The fourth-order valence-corrected chi connectivity index (χ4v) is 2.53. The minimum absolute atomic E-state index is 0.369. The zero-order chi connectivity index (χ0) is 11.0. The second kappa shape index (κ2) is 3.97. The maximum atomic E-state index is 6.03. The van der Waals surface area contributed by atoms with Crippen molar-refractivity contribution in [1.29, 1.82) is 0 Å². The Bertz CT molecular complexity index is 323. The van der Waals surface area contributed by atoms with E-state index in [0.29, 0.717) is 12.0 Å². The molecule has 0 amide bonds. The van der Waals surface area contributed by atoms with Crippen molar-refractivity contribution in [2.75, 3.05) is 0 Å². The molecule has 0 bridgehead atoms. The molecule has 1 aliphatic rings. The van der Waals surface area contributed by atoms with Crippen molar-refractivity contribution >= 4 is 0 Å². The van der Waals surface area contributed by atoms with Crippen LogP contribution in [0.3, 0.4) is 0 Å². The smallest absolute Gasteiger partial charge is 0.105 e. The molecule has 1 aromatic heterocycles. The molecular formula is C12H21N3. The largest absolute Gasteiger partial charge is 0.338 e. The van der Waals surface area contributed by atoms with Gasteiger partial charge in [0, 0.05) is 25.2 Å². The lowest BCUT2D eigenvalue weighted by molar-refractivity contribution is 0.296. The number of hydrogen-bond acceptors (Lipinski definition) is 2. The number of rotatable bonds is 1. The zero-order valence-corrected chi connectivity index (χ0v) is 9.90. The Kier molecular flexibility index (Phi) is 2.83. The van der Waals surface area contributed by atoms with Crippen LogP contribution >= 0.6 is 0 Å². The van der Waals surface area contributed by atoms with E-state index in [1.165, 1.54) is 18.5 Å². The van der Waals surface area contributed by atoms with Gasteiger partial charge in [-0.3, -0.25) is 0 Å². The first-order chi connectivity index (χ1) is 7.08. The highest BCUT2D eigenvalue weighted by Gasteiger charge is 2.28. The highest BCUT2D eigenvalue weighted by atomic mass is 15.0. The van der Waals surface area contributed by atoms with Crippen LogP contribution in [-0.4, -0.2) is 15.6 Å². The van der Waals surface area contributed by atoms with E-state index in [0.717, 1.165) is 18.2 Å². The molecular weight excluding hydrogens is 186 g/mol. The molecule has 1 saturated carbocycles. The van der Waals surface area contributed by atoms with Gasteiger partial charge in [-0.05, 0) is 32.1 Å². The van der Waals surface area contributed by atoms with Gasteiger partial charge in [-0.2, -0.15) is 0 Å². The third-order valence-electron chi connectivity index (χ3n) is 3.74. The molecule has 1 aromatic rings. The standard InChI is InChI=1S/C12H21N3/c1-8-4-5-10(13)6-11(8)12-7-15(3)9(2)14-12/h7-8,10-11H,4-6,13H2,1-3H3. The summed E-state index contributed by atoms with van der Waals surface area (Å²) in [6, 6.07) is 0.369. The quantitative estimate of drug-likeness (QED) is 0.765. The highest BCUT2D eigenvalue weighted by molar-refractivity contribution is 5.11. The van der Waals surface area contributed by atoms with Gasteiger partial charge in [0.15, 0.2) is 0 Å². The summed E-state index contributed by atoms with van der Waals surface area (Å²) in [5, 5.41) is 0. The molecule has 2 N–H and O–H groups in total. The Morgan fingerprint density at radius 2 is 2.20 bits per heavy atom. The molecule has 0 aliphatic heterocycles. The molecule has 3 unspecified atom stereocenters. The lowest BCUT2D eigenvalue weighted by Gasteiger charge is -2.31.